The second kappa shape index (κ2) is 5.23. The van der Waals surface area contributed by atoms with Gasteiger partial charge < -0.3 is 4.48 Å². The molecule has 0 saturated carbocycles. The van der Waals surface area contributed by atoms with Gasteiger partial charge in [0.25, 0.3) is 0 Å². The molecule has 0 aromatic rings. The van der Waals surface area contributed by atoms with Gasteiger partial charge in [0, 0.05) is 0 Å². The topological polar surface area (TPSA) is 0 Å². The van der Waals surface area contributed by atoms with E-state index in [0.29, 0.717) is 0 Å². The van der Waals surface area contributed by atoms with Crippen LogP contribution in [0.4, 0.5) is 0 Å². The first kappa shape index (κ1) is 12.4. The van der Waals surface area contributed by atoms with Crippen molar-refractivity contribution in [3.63, 3.8) is 0 Å². The number of rotatable bonds is 4. The minimum Gasteiger partial charge on any atom is -0.322 e. The Kier molecular flexibility index (Phi) is 5.01. The predicted octanol–water partition coefficient (Wildman–Crippen LogP) is 3.00. The minimum atomic E-state index is 1.05. The summed E-state index contributed by atoms with van der Waals surface area (Å²) in [5.41, 5.74) is 2.93. The monoisotopic (exact) mass is 182 g/mol. The Labute approximate surface area is 83.3 Å². The van der Waals surface area contributed by atoms with E-state index in [1.54, 1.807) is 0 Å². The molecule has 0 aromatic carbocycles. The smallest absolute Gasteiger partial charge is 0.0998 e. The van der Waals surface area contributed by atoms with Gasteiger partial charge in [-0.25, -0.2) is 0 Å². The van der Waals surface area contributed by atoms with Gasteiger partial charge in [0.1, 0.15) is 0 Å². The van der Waals surface area contributed by atoms with Gasteiger partial charge in [0.2, 0.25) is 0 Å². The standard InChI is InChI=1S/C12H24N/c1-7-11(3)9-13(5,6)10-12(4)8-2/h7-8H,9-10H2,1-6H3/q+1/b11-7-,12-8-. The first-order valence-corrected chi connectivity index (χ1v) is 4.97. The van der Waals surface area contributed by atoms with Gasteiger partial charge in [-0.05, 0) is 38.8 Å². The SMILES string of the molecule is C/C=C(/C)C[N+](C)(C)C/C(C)=C\C. The van der Waals surface area contributed by atoms with E-state index in [1.807, 2.05) is 0 Å². The van der Waals surface area contributed by atoms with E-state index in [0.717, 1.165) is 17.6 Å². The van der Waals surface area contributed by atoms with Crippen molar-refractivity contribution in [2.24, 2.45) is 0 Å². The van der Waals surface area contributed by atoms with E-state index >= 15 is 0 Å². The second-order valence-corrected chi connectivity index (χ2v) is 4.52. The summed E-state index contributed by atoms with van der Waals surface area (Å²) < 4.78 is 1.05. The van der Waals surface area contributed by atoms with E-state index in [1.165, 1.54) is 11.1 Å². The van der Waals surface area contributed by atoms with Crippen LogP contribution in [0.25, 0.3) is 0 Å². The molecule has 0 bridgehead atoms. The third kappa shape index (κ3) is 5.64. The summed E-state index contributed by atoms with van der Waals surface area (Å²) in [5, 5.41) is 0. The largest absolute Gasteiger partial charge is 0.322 e. The molecule has 0 unspecified atom stereocenters. The third-order valence-electron chi connectivity index (χ3n) is 2.34. The molecule has 0 aliphatic heterocycles. The van der Waals surface area contributed by atoms with E-state index in [4.69, 9.17) is 0 Å². The number of likely N-dealkylation sites (N-methyl/N-ethyl adjacent to an activating group) is 1. The van der Waals surface area contributed by atoms with Crippen LogP contribution in [0.1, 0.15) is 27.7 Å². The molecular formula is C12H24N+. The summed E-state index contributed by atoms with van der Waals surface area (Å²) in [6, 6.07) is 0. The molecular weight excluding hydrogens is 158 g/mol. The fourth-order valence-electron chi connectivity index (χ4n) is 1.59. The fraction of sp³-hybridized carbons (Fsp3) is 0.667. The molecule has 0 aromatic heterocycles. The highest BCUT2D eigenvalue weighted by atomic mass is 15.3. The molecule has 0 atom stereocenters. The Morgan fingerprint density at radius 3 is 1.46 bits per heavy atom. The molecule has 1 heteroatoms. The highest BCUT2D eigenvalue weighted by Crippen LogP contribution is 2.08. The summed E-state index contributed by atoms with van der Waals surface area (Å²) in [6.07, 6.45) is 4.40. The Morgan fingerprint density at radius 1 is 0.923 bits per heavy atom. The van der Waals surface area contributed by atoms with Crippen molar-refractivity contribution < 1.29 is 4.48 Å². The molecule has 0 fully saturated rings. The molecule has 1 nitrogen and oxygen atoms in total. The number of hydrogen-bond donors (Lipinski definition) is 0. The lowest BCUT2D eigenvalue weighted by Crippen LogP contribution is -2.42. The number of quaternary nitrogens is 1. The molecule has 76 valence electrons. The van der Waals surface area contributed by atoms with Crippen LogP contribution in [0.3, 0.4) is 0 Å². The molecule has 0 amide bonds. The van der Waals surface area contributed by atoms with Crippen LogP contribution in [0.15, 0.2) is 23.3 Å². The first-order chi connectivity index (χ1) is 5.91. The maximum absolute atomic E-state index is 2.28. The van der Waals surface area contributed by atoms with Gasteiger partial charge in [-0.15, -0.1) is 0 Å². The zero-order valence-electron chi connectivity index (χ0n) is 10.0. The van der Waals surface area contributed by atoms with Crippen molar-refractivity contribution in [1.29, 1.82) is 0 Å². The third-order valence-corrected chi connectivity index (χ3v) is 2.34. The summed E-state index contributed by atoms with van der Waals surface area (Å²) in [5.74, 6) is 0. The van der Waals surface area contributed by atoms with Gasteiger partial charge in [-0.3, -0.25) is 0 Å². The van der Waals surface area contributed by atoms with Crippen molar-refractivity contribution in [3.05, 3.63) is 23.3 Å². The van der Waals surface area contributed by atoms with Crippen LogP contribution in [-0.4, -0.2) is 31.7 Å². The summed E-state index contributed by atoms with van der Waals surface area (Å²) in [7, 11) is 4.56. The maximum atomic E-state index is 2.28. The summed E-state index contributed by atoms with van der Waals surface area (Å²) in [4.78, 5) is 0. The highest BCUT2D eigenvalue weighted by molar-refractivity contribution is 4.98. The zero-order valence-corrected chi connectivity index (χ0v) is 10.0. The van der Waals surface area contributed by atoms with Crippen molar-refractivity contribution in [2.75, 3.05) is 27.2 Å². The van der Waals surface area contributed by atoms with Gasteiger partial charge >= 0.3 is 0 Å². The highest BCUT2D eigenvalue weighted by Gasteiger charge is 2.15. The molecule has 0 spiro atoms. The Morgan fingerprint density at radius 2 is 1.23 bits per heavy atom. The molecule has 0 N–H and O–H groups in total. The minimum absolute atomic E-state index is 1.05. The van der Waals surface area contributed by atoms with Crippen LogP contribution >= 0.6 is 0 Å². The van der Waals surface area contributed by atoms with E-state index in [2.05, 4.69) is 53.9 Å². The molecule has 13 heavy (non-hydrogen) atoms. The molecule has 0 aliphatic rings. The summed E-state index contributed by atoms with van der Waals surface area (Å²) in [6.45, 7) is 10.9. The summed E-state index contributed by atoms with van der Waals surface area (Å²) >= 11 is 0. The molecule has 0 rings (SSSR count). The van der Waals surface area contributed by atoms with Crippen LogP contribution in [0, 0.1) is 0 Å². The van der Waals surface area contributed by atoms with E-state index in [9.17, 15) is 0 Å². The van der Waals surface area contributed by atoms with Crippen molar-refractivity contribution in [3.8, 4) is 0 Å². The average molecular weight is 182 g/mol. The number of nitrogens with zero attached hydrogens (tertiary/aromatic N) is 1. The van der Waals surface area contributed by atoms with Gasteiger partial charge in [-0.2, -0.15) is 0 Å². The van der Waals surface area contributed by atoms with Gasteiger partial charge in [-0.1, -0.05) is 12.2 Å². The van der Waals surface area contributed by atoms with Gasteiger partial charge in [0.15, 0.2) is 0 Å². The average Bonchev–Trinajstić information content (AvgIpc) is 2.02. The zero-order chi connectivity index (χ0) is 10.5. The molecule has 0 heterocycles. The lowest BCUT2D eigenvalue weighted by molar-refractivity contribution is -0.880. The number of allylic oxidation sites excluding steroid dienone is 2. The van der Waals surface area contributed by atoms with Crippen molar-refractivity contribution in [2.45, 2.75) is 27.7 Å². The van der Waals surface area contributed by atoms with Crippen LogP contribution in [0.2, 0.25) is 0 Å². The molecule has 0 aliphatic carbocycles. The van der Waals surface area contributed by atoms with Crippen LogP contribution in [-0.2, 0) is 0 Å². The van der Waals surface area contributed by atoms with Crippen molar-refractivity contribution >= 4 is 0 Å². The normalized spacial score (nSPS) is 14.9. The maximum Gasteiger partial charge on any atom is 0.0998 e. The van der Waals surface area contributed by atoms with Gasteiger partial charge in [0.05, 0.1) is 27.2 Å². The Hall–Kier alpha value is -0.560. The number of hydrogen-bond acceptors (Lipinski definition) is 0. The quantitative estimate of drug-likeness (QED) is 0.463. The lowest BCUT2D eigenvalue weighted by atomic mass is 10.2. The molecule has 0 saturated heterocycles. The Balaban J connectivity index is 4.24. The first-order valence-electron chi connectivity index (χ1n) is 4.97. The van der Waals surface area contributed by atoms with E-state index in [-0.39, 0.29) is 0 Å². The fourth-order valence-corrected chi connectivity index (χ4v) is 1.59. The molecule has 0 radical (unpaired) electrons. The lowest BCUT2D eigenvalue weighted by Gasteiger charge is -2.30. The van der Waals surface area contributed by atoms with Crippen LogP contribution < -0.4 is 0 Å². The van der Waals surface area contributed by atoms with E-state index < -0.39 is 0 Å². The predicted molar refractivity (Wildman–Crippen MR) is 60.7 cm³/mol. The van der Waals surface area contributed by atoms with Crippen LogP contribution in [0.5, 0.6) is 0 Å². The second-order valence-electron chi connectivity index (χ2n) is 4.52. The van der Waals surface area contributed by atoms with Crippen molar-refractivity contribution in [1.82, 2.24) is 0 Å². The Bertz CT molecular complexity index is 187.